The van der Waals surface area contributed by atoms with Gasteiger partial charge in [0.1, 0.15) is 11.5 Å². The van der Waals surface area contributed by atoms with Gasteiger partial charge < -0.3 is 9.84 Å². The van der Waals surface area contributed by atoms with Gasteiger partial charge in [-0.05, 0) is 61.4 Å². The van der Waals surface area contributed by atoms with Crippen LogP contribution >= 0.6 is 11.8 Å². The van der Waals surface area contributed by atoms with E-state index in [4.69, 9.17) is 4.74 Å². The lowest BCUT2D eigenvalue weighted by molar-refractivity contribution is 0.343. The Morgan fingerprint density at radius 1 is 1.00 bits per heavy atom. The van der Waals surface area contributed by atoms with Crippen LogP contribution < -0.4 is 4.74 Å². The second-order valence-electron chi connectivity index (χ2n) is 4.44. The minimum atomic E-state index is 0.302. The van der Waals surface area contributed by atoms with E-state index in [0.717, 1.165) is 16.4 Å². The third kappa shape index (κ3) is 4.21. The predicted molar refractivity (Wildman–Crippen MR) is 80.2 cm³/mol. The molecule has 19 heavy (non-hydrogen) atoms. The van der Waals surface area contributed by atoms with E-state index >= 15 is 0 Å². The maximum absolute atomic E-state index is 9.19. The molecule has 1 N–H and O–H groups in total. The molecule has 2 nitrogen and oxygen atoms in total. The Balaban J connectivity index is 1.77. The number of thioether (sulfide) groups is 1. The number of phenolic OH excluding ortho intramolecular Hbond substituents is 1. The lowest BCUT2D eigenvalue weighted by Gasteiger charge is -2.08. The van der Waals surface area contributed by atoms with Gasteiger partial charge in [0.2, 0.25) is 0 Å². The first kappa shape index (κ1) is 13.8. The normalized spacial score (nSPS) is 10.4. The summed E-state index contributed by atoms with van der Waals surface area (Å²) >= 11 is 1.72. The van der Waals surface area contributed by atoms with Crippen molar-refractivity contribution < 1.29 is 9.84 Å². The molecule has 0 unspecified atom stereocenters. The summed E-state index contributed by atoms with van der Waals surface area (Å²) < 4.78 is 5.72. The zero-order valence-electron chi connectivity index (χ0n) is 11.2. The van der Waals surface area contributed by atoms with Crippen LogP contribution in [-0.4, -0.2) is 17.5 Å². The molecule has 0 fully saturated rings. The smallest absolute Gasteiger partial charge is 0.119 e. The molecule has 2 aromatic carbocycles. The van der Waals surface area contributed by atoms with Gasteiger partial charge in [0.15, 0.2) is 0 Å². The van der Waals surface area contributed by atoms with Gasteiger partial charge in [-0.15, -0.1) is 11.8 Å². The van der Waals surface area contributed by atoms with Crippen LogP contribution in [0.1, 0.15) is 11.1 Å². The van der Waals surface area contributed by atoms with Crippen molar-refractivity contribution in [1.82, 2.24) is 0 Å². The van der Waals surface area contributed by atoms with Crippen molar-refractivity contribution in [2.24, 2.45) is 0 Å². The highest BCUT2D eigenvalue weighted by Crippen LogP contribution is 2.21. The lowest BCUT2D eigenvalue weighted by Crippen LogP contribution is -2.00. The van der Waals surface area contributed by atoms with Gasteiger partial charge in [-0.2, -0.15) is 0 Å². The zero-order valence-corrected chi connectivity index (χ0v) is 12.0. The minimum absolute atomic E-state index is 0.302. The quantitative estimate of drug-likeness (QED) is 0.655. The molecule has 2 rings (SSSR count). The summed E-state index contributed by atoms with van der Waals surface area (Å²) in [5.74, 6) is 2.11. The zero-order chi connectivity index (χ0) is 13.7. The maximum Gasteiger partial charge on any atom is 0.119 e. The monoisotopic (exact) mass is 274 g/mol. The molecular weight excluding hydrogens is 256 g/mol. The molecule has 0 aliphatic heterocycles. The van der Waals surface area contributed by atoms with E-state index in [1.165, 1.54) is 11.1 Å². The molecule has 0 heterocycles. The van der Waals surface area contributed by atoms with Crippen molar-refractivity contribution in [3.05, 3.63) is 53.6 Å². The van der Waals surface area contributed by atoms with E-state index in [1.54, 1.807) is 23.9 Å². The predicted octanol–water partition coefficient (Wildman–Crippen LogP) is 4.18. The molecule has 0 radical (unpaired) electrons. The highest BCUT2D eigenvalue weighted by Gasteiger charge is 1.98. The van der Waals surface area contributed by atoms with Crippen LogP contribution in [0.4, 0.5) is 0 Å². The number of rotatable bonds is 5. The molecule has 0 aromatic heterocycles. The van der Waals surface area contributed by atoms with Crippen molar-refractivity contribution in [3.8, 4) is 11.5 Å². The first-order chi connectivity index (χ1) is 9.15. The van der Waals surface area contributed by atoms with Crippen LogP contribution in [0.5, 0.6) is 11.5 Å². The third-order valence-electron chi connectivity index (χ3n) is 2.94. The molecule has 0 saturated carbocycles. The van der Waals surface area contributed by atoms with Crippen molar-refractivity contribution in [3.63, 3.8) is 0 Å². The van der Waals surface area contributed by atoms with Crippen LogP contribution in [0.3, 0.4) is 0 Å². The van der Waals surface area contributed by atoms with Crippen LogP contribution in [0, 0.1) is 13.8 Å². The summed E-state index contributed by atoms with van der Waals surface area (Å²) in [6, 6.07) is 13.4. The van der Waals surface area contributed by atoms with Gasteiger partial charge in [0.25, 0.3) is 0 Å². The summed E-state index contributed by atoms with van der Waals surface area (Å²) in [5, 5.41) is 9.19. The summed E-state index contributed by atoms with van der Waals surface area (Å²) in [4.78, 5) is 1.14. The molecule has 3 heteroatoms. The second-order valence-corrected chi connectivity index (χ2v) is 5.61. The van der Waals surface area contributed by atoms with Gasteiger partial charge in [-0.1, -0.05) is 6.07 Å². The van der Waals surface area contributed by atoms with E-state index in [-0.39, 0.29) is 0 Å². The Labute approximate surface area is 118 Å². The number of phenols is 1. The summed E-state index contributed by atoms with van der Waals surface area (Å²) in [7, 11) is 0. The van der Waals surface area contributed by atoms with Gasteiger partial charge in [0.05, 0.1) is 6.61 Å². The van der Waals surface area contributed by atoms with E-state index in [9.17, 15) is 5.11 Å². The standard InChI is InChI=1S/C16H18O2S/c1-12-3-6-15(11-13(12)2)18-9-10-19-16-7-4-14(17)5-8-16/h3-8,11,17H,9-10H2,1-2H3. The molecule has 2 aromatic rings. The lowest BCUT2D eigenvalue weighted by atomic mass is 10.1. The van der Waals surface area contributed by atoms with E-state index in [0.29, 0.717) is 12.4 Å². The summed E-state index contributed by atoms with van der Waals surface area (Å²) in [6.45, 7) is 4.86. The van der Waals surface area contributed by atoms with Gasteiger partial charge in [-0.25, -0.2) is 0 Å². The van der Waals surface area contributed by atoms with E-state index < -0.39 is 0 Å². The molecule has 100 valence electrons. The molecular formula is C16H18O2S. The van der Waals surface area contributed by atoms with E-state index in [1.807, 2.05) is 18.2 Å². The number of benzene rings is 2. The van der Waals surface area contributed by atoms with Crippen LogP contribution in [0.25, 0.3) is 0 Å². The fraction of sp³-hybridized carbons (Fsp3) is 0.250. The van der Waals surface area contributed by atoms with Crippen molar-refractivity contribution >= 4 is 11.8 Å². The van der Waals surface area contributed by atoms with Gasteiger partial charge >= 0.3 is 0 Å². The Bertz CT molecular complexity index is 535. The Kier molecular flexibility index (Phi) is 4.74. The molecule has 0 atom stereocenters. The SMILES string of the molecule is Cc1ccc(OCCSc2ccc(O)cc2)cc1C. The minimum Gasteiger partial charge on any atom is -0.508 e. The summed E-state index contributed by atoms with van der Waals surface area (Å²) in [6.07, 6.45) is 0. The number of hydrogen-bond acceptors (Lipinski definition) is 3. The van der Waals surface area contributed by atoms with Crippen molar-refractivity contribution in [2.75, 3.05) is 12.4 Å². The van der Waals surface area contributed by atoms with Gasteiger partial charge in [-0.3, -0.25) is 0 Å². The molecule has 0 spiro atoms. The molecule has 0 aliphatic carbocycles. The number of aromatic hydroxyl groups is 1. The van der Waals surface area contributed by atoms with Crippen LogP contribution in [0.2, 0.25) is 0 Å². The Morgan fingerprint density at radius 2 is 1.74 bits per heavy atom. The van der Waals surface area contributed by atoms with Crippen molar-refractivity contribution in [2.45, 2.75) is 18.7 Å². The van der Waals surface area contributed by atoms with Crippen LogP contribution in [-0.2, 0) is 0 Å². The fourth-order valence-corrected chi connectivity index (χ4v) is 2.40. The number of aryl methyl sites for hydroxylation is 2. The number of ether oxygens (including phenoxy) is 1. The number of hydrogen-bond donors (Lipinski definition) is 1. The average Bonchev–Trinajstić information content (AvgIpc) is 2.41. The largest absolute Gasteiger partial charge is 0.508 e. The first-order valence-electron chi connectivity index (χ1n) is 6.27. The fourth-order valence-electron chi connectivity index (χ4n) is 1.67. The highest BCUT2D eigenvalue weighted by molar-refractivity contribution is 7.99. The Hall–Kier alpha value is -1.61. The van der Waals surface area contributed by atoms with E-state index in [2.05, 4.69) is 26.0 Å². The Morgan fingerprint density at radius 3 is 2.42 bits per heavy atom. The van der Waals surface area contributed by atoms with Crippen LogP contribution in [0.15, 0.2) is 47.4 Å². The van der Waals surface area contributed by atoms with Gasteiger partial charge in [0, 0.05) is 10.6 Å². The third-order valence-corrected chi connectivity index (χ3v) is 3.91. The average molecular weight is 274 g/mol. The molecule has 0 bridgehead atoms. The second kappa shape index (κ2) is 6.53. The molecule has 0 saturated heterocycles. The molecule has 0 amide bonds. The maximum atomic E-state index is 9.19. The summed E-state index contributed by atoms with van der Waals surface area (Å²) in [5.41, 5.74) is 2.54. The highest BCUT2D eigenvalue weighted by atomic mass is 32.2. The van der Waals surface area contributed by atoms with Crippen molar-refractivity contribution in [1.29, 1.82) is 0 Å². The topological polar surface area (TPSA) is 29.5 Å². The molecule has 0 aliphatic rings. The first-order valence-corrected chi connectivity index (χ1v) is 7.25.